The van der Waals surface area contributed by atoms with Gasteiger partial charge in [-0.25, -0.2) is 4.98 Å². The van der Waals surface area contributed by atoms with Crippen molar-refractivity contribution in [3.05, 3.63) is 24.4 Å². The number of aromatic nitrogens is 1. The summed E-state index contributed by atoms with van der Waals surface area (Å²) in [6, 6.07) is 5.89. The molecular weight excluding hydrogens is 340 g/mol. The topological polar surface area (TPSA) is 56.8 Å². The highest BCUT2D eigenvalue weighted by Crippen LogP contribution is 2.45. The van der Waals surface area contributed by atoms with E-state index in [9.17, 15) is 9.59 Å². The highest BCUT2D eigenvalue weighted by molar-refractivity contribution is 5.85. The molecule has 1 aromatic heterocycles. The number of nitrogens with zero attached hydrogens (tertiary/aromatic N) is 4. The molecule has 1 aromatic rings. The Hall–Kier alpha value is -2.11. The SMILES string of the molecule is CC(C)CC(=O)N1CCC[C@@]2(C(=O)N(C)C)CN(c3ccccn3)C[C@H]2C1. The van der Waals surface area contributed by atoms with E-state index in [1.165, 1.54) is 0 Å². The number of carbonyl (C=O) groups excluding carboxylic acids is 2. The van der Waals surface area contributed by atoms with E-state index in [4.69, 9.17) is 0 Å². The lowest BCUT2D eigenvalue weighted by Gasteiger charge is -2.34. The van der Waals surface area contributed by atoms with Gasteiger partial charge in [-0.3, -0.25) is 9.59 Å². The number of amides is 2. The molecule has 6 heteroatoms. The summed E-state index contributed by atoms with van der Waals surface area (Å²) < 4.78 is 0. The molecule has 3 rings (SSSR count). The molecule has 2 atom stereocenters. The number of hydrogen-bond acceptors (Lipinski definition) is 4. The zero-order chi connectivity index (χ0) is 19.6. The van der Waals surface area contributed by atoms with Crippen molar-refractivity contribution in [3.8, 4) is 0 Å². The Bertz CT molecular complexity index is 676. The monoisotopic (exact) mass is 372 g/mol. The summed E-state index contributed by atoms with van der Waals surface area (Å²) in [6.45, 7) is 7.02. The Balaban J connectivity index is 1.88. The van der Waals surface area contributed by atoms with Crippen molar-refractivity contribution in [3.63, 3.8) is 0 Å². The quantitative estimate of drug-likeness (QED) is 0.814. The molecule has 2 fully saturated rings. The fraction of sp³-hybridized carbons (Fsp3) is 0.667. The van der Waals surface area contributed by atoms with Gasteiger partial charge >= 0.3 is 0 Å². The van der Waals surface area contributed by atoms with Gasteiger partial charge in [-0.2, -0.15) is 0 Å². The van der Waals surface area contributed by atoms with Crippen LogP contribution in [0.3, 0.4) is 0 Å². The van der Waals surface area contributed by atoms with Crippen LogP contribution in [0.4, 0.5) is 5.82 Å². The predicted molar refractivity (Wildman–Crippen MR) is 106 cm³/mol. The molecule has 3 heterocycles. The van der Waals surface area contributed by atoms with Crippen LogP contribution in [0.2, 0.25) is 0 Å². The fourth-order valence-electron chi connectivity index (χ4n) is 4.65. The molecule has 0 spiro atoms. The summed E-state index contributed by atoms with van der Waals surface area (Å²) in [5, 5.41) is 0. The minimum absolute atomic E-state index is 0.132. The maximum absolute atomic E-state index is 13.3. The van der Waals surface area contributed by atoms with E-state index >= 15 is 0 Å². The van der Waals surface area contributed by atoms with Crippen LogP contribution in [-0.4, -0.2) is 66.9 Å². The smallest absolute Gasteiger partial charge is 0.230 e. The molecule has 0 saturated carbocycles. The lowest BCUT2D eigenvalue weighted by molar-refractivity contribution is -0.142. The molecule has 2 aliphatic heterocycles. The van der Waals surface area contributed by atoms with Gasteiger partial charge in [0.2, 0.25) is 11.8 Å². The second-order valence-corrected chi connectivity index (χ2v) is 8.66. The second kappa shape index (κ2) is 7.87. The first-order chi connectivity index (χ1) is 12.8. The van der Waals surface area contributed by atoms with E-state index in [1.807, 2.05) is 37.2 Å². The third kappa shape index (κ3) is 3.94. The number of hydrogen-bond donors (Lipinski definition) is 0. The third-order valence-electron chi connectivity index (χ3n) is 5.93. The molecule has 6 nitrogen and oxygen atoms in total. The number of rotatable bonds is 4. The third-order valence-corrected chi connectivity index (χ3v) is 5.93. The number of fused-ring (bicyclic) bond motifs is 1. The highest BCUT2D eigenvalue weighted by atomic mass is 16.2. The lowest BCUT2D eigenvalue weighted by atomic mass is 9.74. The summed E-state index contributed by atoms with van der Waals surface area (Å²) in [5.74, 6) is 1.80. The average Bonchev–Trinajstić information content (AvgIpc) is 2.90. The van der Waals surface area contributed by atoms with Crippen LogP contribution in [0.1, 0.15) is 33.1 Å². The molecule has 0 unspecified atom stereocenters. The molecule has 2 amide bonds. The van der Waals surface area contributed by atoms with E-state index in [0.29, 0.717) is 25.4 Å². The molecule has 0 N–H and O–H groups in total. The van der Waals surface area contributed by atoms with Gasteiger partial charge in [-0.15, -0.1) is 0 Å². The van der Waals surface area contributed by atoms with Crippen molar-refractivity contribution >= 4 is 17.6 Å². The van der Waals surface area contributed by atoms with Crippen LogP contribution in [0.25, 0.3) is 0 Å². The lowest BCUT2D eigenvalue weighted by Crippen LogP contribution is -2.47. The first kappa shape index (κ1) is 19.6. The number of anilines is 1. The van der Waals surface area contributed by atoms with Gasteiger partial charge in [0.1, 0.15) is 5.82 Å². The van der Waals surface area contributed by atoms with Gasteiger partial charge in [0.05, 0.1) is 5.41 Å². The molecule has 27 heavy (non-hydrogen) atoms. The van der Waals surface area contributed by atoms with Crippen molar-refractivity contribution in [2.24, 2.45) is 17.3 Å². The van der Waals surface area contributed by atoms with Crippen molar-refractivity contribution in [2.75, 3.05) is 45.2 Å². The summed E-state index contributed by atoms with van der Waals surface area (Å²) in [6.07, 6.45) is 4.06. The highest BCUT2D eigenvalue weighted by Gasteiger charge is 2.54. The first-order valence-electron chi connectivity index (χ1n) is 9.99. The average molecular weight is 373 g/mol. The minimum Gasteiger partial charge on any atom is -0.355 e. The Morgan fingerprint density at radius 3 is 2.70 bits per heavy atom. The van der Waals surface area contributed by atoms with E-state index in [1.54, 1.807) is 11.1 Å². The largest absolute Gasteiger partial charge is 0.355 e. The summed E-state index contributed by atoms with van der Waals surface area (Å²) in [5.41, 5.74) is -0.437. The van der Waals surface area contributed by atoms with Gasteiger partial charge in [0.15, 0.2) is 0 Å². The summed E-state index contributed by atoms with van der Waals surface area (Å²) >= 11 is 0. The Morgan fingerprint density at radius 1 is 1.30 bits per heavy atom. The van der Waals surface area contributed by atoms with Crippen molar-refractivity contribution in [2.45, 2.75) is 33.1 Å². The Morgan fingerprint density at radius 2 is 2.07 bits per heavy atom. The van der Waals surface area contributed by atoms with Crippen LogP contribution >= 0.6 is 0 Å². The van der Waals surface area contributed by atoms with Crippen LogP contribution in [0, 0.1) is 17.3 Å². The second-order valence-electron chi connectivity index (χ2n) is 8.66. The predicted octanol–water partition coefficient (Wildman–Crippen LogP) is 2.26. The van der Waals surface area contributed by atoms with E-state index in [0.717, 1.165) is 31.7 Å². The molecule has 0 aromatic carbocycles. The van der Waals surface area contributed by atoms with Crippen molar-refractivity contribution in [1.29, 1.82) is 0 Å². The van der Waals surface area contributed by atoms with Crippen molar-refractivity contribution < 1.29 is 9.59 Å². The number of pyridine rings is 1. The molecule has 0 radical (unpaired) electrons. The maximum atomic E-state index is 13.3. The Labute approximate surface area is 162 Å². The van der Waals surface area contributed by atoms with E-state index in [-0.39, 0.29) is 17.7 Å². The van der Waals surface area contributed by atoms with E-state index in [2.05, 4.69) is 23.7 Å². The maximum Gasteiger partial charge on any atom is 0.230 e. The van der Waals surface area contributed by atoms with Gasteiger partial charge in [-0.1, -0.05) is 19.9 Å². The van der Waals surface area contributed by atoms with Crippen LogP contribution in [0.5, 0.6) is 0 Å². The van der Waals surface area contributed by atoms with Crippen LogP contribution < -0.4 is 4.90 Å². The number of carbonyl (C=O) groups is 2. The molecule has 0 aliphatic carbocycles. The first-order valence-corrected chi connectivity index (χ1v) is 9.99. The molecule has 2 aliphatic rings. The molecule has 148 valence electrons. The Kier molecular flexibility index (Phi) is 5.72. The number of likely N-dealkylation sites (tertiary alicyclic amines) is 1. The van der Waals surface area contributed by atoms with Gasteiger partial charge in [0.25, 0.3) is 0 Å². The fourth-order valence-corrected chi connectivity index (χ4v) is 4.65. The van der Waals surface area contributed by atoms with Gasteiger partial charge < -0.3 is 14.7 Å². The van der Waals surface area contributed by atoms with Crippen LogP contribution in [0.15, 0.2) is 24.4 Å². The summed E-state index contributed by atoms with van der Waals surface area (Å²) in [7, 11) is 3.67. The normalized spacial score (nSPS) is 25.3. The standard InChI is InChI=1S/C21H32N4O2/c1-16(2)12-19(26)24-11-7-9-21(20(27)23(3)4)15-25(14-17(21)13-24)18-8-5-6-10-22-18/h5-6,8,10,16-17H,7,9,11-15H2,1-4H3/t17-,21-/m1/s1. The molecule has 2 saturated heterocycles. The molecular formula is C21H32N4O2. The van der Waals surface area contributed by atoms with Gasteiger partial charge in [-0.05, 0) is 30.9 Å². The summed E-state index contributed by atoms with van der Waals surface area (Å²) in [4.78, 5) is 36.4. The van der Waals surface area contributed by atoms with Crippen molar-refractivity contribution in [1.82, 2.24) is 14.8 Å². The minimum atomic E-state index is -0.437. The zero-order valence-corrected chi connectivity index (χ0v) is 17.0. The van der Waals surface area contributed by atoms with E-state index < -0.39 is 5.41 Å². The van der Waals surface area contributed by atoms with Gasteiger partial charge in [0, 0.05) is 58.8 Å². The zero-order valence-electron chi connectivity index (χ0n) is 17.0. The molecule has 0 bridgehead atoms. The van der Waals surface area contributed by atoms with Crippen LogP contribution in [-0.2, 0) is 9.59 Å².